The summed E-state index contributed by atoms with van der Waals surface area (Å²) in [6.07, 6.45) is 6.39. The van der Waals surface area contributed by atoms with Crippen molar-refractivity contribution in [3.05, 3.63) is 35.5 Å². The largest absolute Gasteiger partial charge is 0.366 e. The van der Waals surface area contributed by atoms with Gasteiger partial charge in [0.1, 0.15) is 5.82 Å². The summed E-state index contributed by atoms with van der Waals surface area (Å²) in [5, 5.41) is 3.61. The molecule has 0 fully saturated rings. The van der Waals surface area contributed by atoms with Crippen LogP contribution in [0.5, 0.6) is 0 Å². The number of carbonyl (C=O) groups is 1. The Labute approximate surface area is 112 Å². The first-order valence-corrected chi connectivity index (χ1v) is 6.25. The molecular weight excluding hydrogens is 250 g/mol. The Morgan fingerprint density at radius 1 is 1.72 bits per heavy atom. The molecule has 1 amide bonds. The van der Waals surface area contributed by atoms with Crippen LogP contribution in [-0.4, -0.2) is 16.9 Å². The highest BCUT2D eigenvalue weighted by Gasteiger charge is 2.09. The molecule has 4 nitrogen and oxygen atoms in total. The smallest absolute Gasteiger partial charge is 0.250 e. The fourth-order valence-electron chi connectivity index (χ4n) is 1.55. The van der Waals surface area contributed by atoms with E-state index in [-0.39, 0.29) is 6.04 Å². The van der Waals surface area contributed by atoms with Crippen LogP contribution < -0.4 is 11.1 Å². The van der Waals surface area contributed by atoms with E-state index < -0.39 is 5.91 Å². The van der Waals surface area contributed by atoms with Gasteiger partial charge in [0.05, 0.1) is 10.6 Å². The number of hydrogen-bond acceptors (Lipinski definition) is 3. The number of allylic oxidation sites excluding steroid dienone is 1. The van der Waals surface area contributed by atoms with Crippen molar-refractivity contribution in [2.24, 2.45) is 5.73 Å². The van der Waals surface area contributed by atoms with Crippen molar-refractivity contribution in [1.29, 1.82) is 0 Å². The molecule has 18 heavy (non-hydrogen) atoms. The molecule has 1 aromatic heterocycles. The SMILES string of the molecule is C=CCCCC(C)Nc1ncc(C(N)=O)cc1Cl. The Hall–Kier alpha value is -1.55. The zero-order valence-corrected chi connectivity index (χ0v) is 11.2. The summed E-state index contributed by atoms with van der Waals surface area (Å²) in [5.41, 5.74) is 5.46. The average Bonchev–Trinajstić information content (AvgIpc) is 2.32. The predicted molar refractivity (Wildman–Crippen MR) is 74.9 cm³/mol. The van der Waals surface area contributed by atoms with E-state index in [4.69, 9.17) is 17.3 Å². The topological polar surface area (TPSA) is 68.0 Å². The molecule has 0 radical (unpaired) electrons. The monoisotopic (exact) mass is 267 g/mol. The number of anilines is 1. The minimum absolute atomic E-state index is 0.259. The second-order valence-electron chi connectivity index (χ2n) is 4.18. The van der Waals surface area contributed by atoms with Crippen LogP contribution in [0.4, 0.5) is 5.82 Å². The number of nitrogens with one attached hydrogen (secondary N) is 1. The lowest BCUT2D eigenvalue weighted by Gasteiger charge is -2.15. The van der Waals surface area contributed by atoms with E-state index >= 15 is 0 Å². The van der Waals surface area contributed by atoms with Crippen LogP contribution in [0.3, 0.4) is 0 Å². The zero-order valence-electron chi connectivity index (χ0n) is 10.4. The molecule has 1 atom stereocenters. The van der Waals surface area contributed by atoms with E-state index in [0.29, 0.717) is 16.4 Å². The lowest BCUT2D eigenvalue weighted by molar-refractivity contribution is 0.1000. The van der Waals surface area contributed by atoms with E-state index in [2.05, 4.69) is 23.8 Å². The van der Waals surface area contributed by atoms with Gasteiger partial charge in [0.15, 0.2) is 0 Å². The van der Waals surface area contributed by atoms with Gasteiger partial charge < -0.3 is 11.1 Å². The second-order valence-corrected chi connectivity index (χ2v) is 4.59. The Morgan fingerprint density at radius 3 is 3.00 bits per heavy atom. The number of unbranched alkanes of at least 4 members (excludes halogenated alkanes) is 1. The van der Waals surface area contributed by atoms with Gasteiger partial charge in [-0.15, -0.1) is 6.58 Å². The van der Waals surface area contributed by atoms with E-state index in [1.807, 2.05) is 6.08 Å². The number of carbonyl (C=O) groups excluding carboxylic acids is 1. The summed E-state index contributed by atoms with van der Waals surface area (Å²) in [4.78, 5) is 15.1. The summed E-state index contributed by atoms with van der Waals surface area (Å²) >= 11 is 6.03. The van der Waals surface area contributed by atoms with Gasteiger partial charge in [-0.25, -0.2) is 4.98 Å². The molecule has 1 rings (SSSR count). The Balaban J connectivity index is 2.61. The number of aromatic nitrogens is 1. The highest BCUT2D eigenvalue weighted by Crippen LogP contribution is 2.21. The van der Waals surface area contributed by atoms with E-state index in [1.165, 1.54) is 12.3 Å². The first kappa shape index (κ1) is 14.5. The summed E-state index contributed by atoms with van der Waals surface area (Å²) in [7, 11) is 0. The number of pyridine rings is 1. The lowest BCUT2D eigenvalue weighted by atomic mass is 10.1. The van der Waals surface area contributed by atoms with Crippen LogP contribution in [0.15, 0.2) is 24.9 Å². The maximum atomic E-state index is 11.0. The van der Waals surface area contributed by atoms with Crippen molar-refractivity contribution < 1.29 is 4.79 Å². The maximum absolute atomic E-state index is 11.0. The third kappa shape index (κ3) is 4.37. The molecule has 0 aliphatic carbocycles. The molecular formula is C13H18ClN3O. The van der Waals surface area contributed by atoms with E-state index in [9.17, 15) is 4.79 Å². The van der Waals surface area contributed by atoms with Crippen LogP contribution in [0.1, 0.15) is 36.5 Å². The van der Waals surface area contributed by atoms with Gasteiger partial charge in [0, 0.05) is 12.2 Å². The Bertz CT molecular complexity index is 434. The standard InChI is InChI=1S/C13H18ClN3O/c1-3-4-5-6-9(2)17-13-11(14)7-10(8-16-13)12(15)18/h3,7-9H,1,4-6H2,2H3,(H2,15,18)(H,16,17). The van der Waals surface area contributed by atoms with Crippen LogP contribution >= 0.6 is 11.6 Å². The number of amides is 1. The number of hydrogen-bond donors (Lipinski definition) is 2. The van der Waals surface area contributed by atoms with E-state index in [0.717, 1.165) is 19.3 Å². The minimum Gasteiger partial charge on any atom is -0.366 e. The quantitative estimate of drug-likeness (QED) is 0.589. The fraction of sp³-hybridized carbons (Fsp3) is 0.385. The summed E-state index contributed by atoms with van der Waals surface area (Å²) in [6.45, 7) is 5.74. The molecule has 98 valence electrons. The third-order valence-electron chi connectivity index (χ3n) is 2.55. The highest BCUT2D eigenvalue weighted by molar-refractivity contribution is 6.33. The highest BCUT2D eigenvalue weighted by atomic mass is 35.5. The van der Waals surface area contributed by atoms with Crippen molar-refractivity contribution in [1.82, 2.24) is 4.98 Å². The fourth-order valence-corrected chi connectivity index (χ4v) is 1.77. The number of halogens is 1. The molecule has 3 N–H and O–H groups in total. The number of rotatable bonds is 7. The Morgan fingerprint density at radius 2 is 2.44 bits per heavy atom. The van der Waals surface area contributed by atoms with Crippen LogP contribution in [0.2, 0.25) is 5.02 Å². The van der Waals surface area contributed by atoms with Crippen molar-refractivity contribution >= 4 is 23.3 Å². The number of nitrogens with two attached hydrogens (primary N) is 1. The second kappa shape index (κ2) is 7.01. The molecule has 0 aliphatic heterocycles. The summed E-state index contributed by atoms with van der Waals surface area (Å²) in [6, 6.07) is 1.78. The van der Waals surface area contributed by atoms with Crippen LogP contribution in [0.25, 0.3) is 0 Å². The molecule has 0 saturated heterocycles. The van der Waals surface area contributed by atoms with Crippen molar-refractivity contribution in [3.63, 3.8) is 0 Å². The van der Waals surface area contributed by atoms with Crippen molar-refractivity contribution in [2.45, 2.75) is 32.2 Å². The Kier molecular flexibility index (Phi) is 5.65. The van der Waals surface area contributed by atoms with Gasteiger partial charge in [-0.2, -0.15) is 0 Å². The van der Waals surface area contributed by atoms with Crippen LogP contribution in [-0.2, 0) is 0 Å². The van der Waals surface area contributed by atoms with Gasteiger partial charge in [-0.3, -0.25) is 4.79 Å². The van der Waals surface area contributed by atoms with Crippen molar-refractivity contribution in [2.75, 3.05) is 5.32 Å². The molecule has 5 heteroatoms. The summed E-state index contributed by atoms with van der Waals surface area (Å²) < 4.78 is 0. The minimum atomic E-state index is -0.532. The predicted octanol–water partition coefficient (Wildman–Crippen LogP) is 2.99. The molecule has 0 aromatic carbocycles. The van der Waals surface area contributed by atoms with Crippen LogP contribution in [0, 0.1) is 0 Å². The van der Waals surface area contributed by atoms with Crippen molar-refractivity contribution in [3.8, 4) is 0 Å². The molecule has 0 bridgehead atoms. The van der Waals surface area contributed by atoms with Gasteiger partial charge in [-0.05, 0) is 32.3 Å². The molecule has 0 saturated carbocycles. The molecule has 1 heterocycles. The lowest BCUT2D eigenvalue weighted by Crippen LogP contribution is -2.17. The molecule has 0 aliphatic rings. The first-order chi connectivity index (χ1) is 8.54. The first-order valence-electron chi connectivity index (χ1n) is 5.87. The molecule has 1 aromatic rings. The normalized spacial score (nSPS) is 11.9. The summed E-state index contributed by atoms with van der Waals surface area (Å²) in [5.74, 6) is 0.0442. The van der Waals surface area contributed by atoms with Gasteiger partial charge >= 0.3 is 0 Å². The maximum Gasteiger partial charge on any atom is 0.250 e. The zero-order chi connectivity index (χ0) is 13.5. The van der Waals surface area contributed by atoms with Gasteiger partial charge in [-0.1, -0.05) is 17.7 Å². The number of primary amides is 1. The average molecular weight is 268 g/mol. The molecule has 1 unspecified atom stereocenters. The van der Waals surface area contributed by atoms with Gasteiger partial charge in [0.25, 0.3) is 0 Å². The van der Waals surface area contributed by atoms with Gasteiger partial charge in [0.2, 0.25) is 5.91 Å². The molecule has 0 spiro atoms. The van der Waals surface area contributed by atoms with E-state index in [1.54, 1.807) is 0 Å². The third-order valence-corrected chi connectivity index (χ3v) is 2.84. The number of nitrogens with zero attached hydrogens (tertiary/aromatic N) is 1.